The molecule has 0 aliphatic heterocycles. The molecule has 0 radical (unpaired) electrons. The van der Waals surface area contributed by atoms with Gasteiger partial charge in [-0.3, -0.25) is 13.9 Å². The molecule has 2 heterocycles. The highest BCUT2D eigenvalue weighted by Crippen LogP contribution is 2.26. The van der Waals surface area contributed by atoms with Gasteiger partial charge < -0.3 is 14.4 Å². The SMILES string of the molecule is CC(C)n1cnc2cc(-n3cc(OC(=O)O)c(=O)n(Cc4cccc(Cl)c4Cl)c3=O)ccc21. The molecule has 4 rings (SSSR count). The number of halogens is 2. The first-order valence-electron chi connectivity index (χ1n) is 9.84. The van der Waals surface area contributed by atoms with Crippen LogP contribution in [0.2, 0.25) is 10.0 Å². The summed E-state index contributed by atoms with van der Waals surface area (Å²) in [6.45, 7) is 3.80. The summed E-state index contributed by atoms with van der Waals surface area (Å²) < 4.78 is 8.61. The van der Waals surface area contributed by atoms with E-state index in [1.165, 1.54) is 0 Å². The summed E-state index contributed by atoms with van der Waals surface area (Å²) in [5.41, 5.74) is 0.653. The standard InChI is InChI=1S/C22H18Cl2N4O5/c1-12(2)28-11-25-16-8-14(6-7-17(16)28)26-10-18(33-22(31)32)20(29)27(21(26)30)9-13-4-3-5-15(23)19(13)24/h3-8,10-12H,9H2,1-2H3,(H,31,32). The number of aromatic nitrogens is 4. The summed E-state index contributed by atoms with van der Waals surface area (Å²) in [5, 5.41) is 9.51. The van der Waals surface area contributed by atoms with Gasteiger partial charge in [-0.25, -0.2) is 14.6 Å². The number of carboxylic acid groups (broad SMARTS) is 1. The summed E-state index contributed by atoms with van der Waals surface area (Å²) in [6, 6.07) is 10.1. The van der Waals surface area contributed by atoms with Crippen molar-refractivity contribution < 1.29 is 14.6 Å². The first-order chi connectivity index (χ1) is 15.7. The number of rotatable bonds is 5. The van der Waals surface area contributed by atoms with Gasteiger partial charge in [-0.2, -0.15) is 0 Å². The number of carbonyl (C=O) groups is 1. The van der Waals surface area contributed by atoms with Crippen LogP contribution in [0.5, 0.6) is 5.75 Å². The quantitative estimate of drug-likeness (QED) is 0.418. The van der Waals surface area contributed by atoms with Crippen LogP contribution in [0, 0.1) is 0 Å². The van der Waals surface area contributed by atoms with Crippen molar-refractivity contribution in [1.29, 1.82) is 0 Å². The molecule has 9 nitrogen and oxygen atoms in total. The molecule has 0 amide bonds. The average molecular weight is 489 g/mol. The first-order valence-corrected chi connectivity index (χ1v) is 10.6. The lowest BCUT2D eigenvalue weighted by atomic mass is 10.2. The highest BCUT2D eigenvalue weighted by atomic mass is 35.5. The maximum atomic E-state index is 13.3. The Balaban J connectivity index is 1.91. The van der Waals surface area contributed by atoms with Crippen molar-refractivity contribution in [3.8, 4) is 11.4 Å². The van der Waals surface area contributed by atoms with E-state index in [1.807, 2.05) is 18.4 Å². The van der Waals surface area contributed by atoms with Crippen molar-refractivity contribution in [2.45, 2.75) is 26.4 Å². The molecule has 4 aromatic rings. The fraction of sp³-hybridized carbons (Fsp3) is 0.182. The number of nitrogens with zero attached hydrogens (tertiary/aromatic N) is 4. The molecular weight excluding hydrogens is 471 g/mol. The Morgan fingerprint density at radius 3 is 2.64 bits per heavy atom. The van der Waals surface area contributed by atoms with Gasteiger partial charge in [-0.05, 0) is 43.7 Å². The molecule has 0 spiro atoms. The van der Waals surface area contributed by atoms with Gasteiger partial charge in [0.25, 0.3) is 5.56 Å². The number of hydrogen-bond donors (Lipinski definition) is 1. The molecule has 33 heavy (non-hydrogen) atoms. The third-order valence-electron chi connectivity index (χ3n) is 5.09. The van der Waals surface area contributed by atoms with Crippen molar-refractivity contribution >= 4 is 40.4 Å². The molecular formula is C22H18Cl2N4O5. The second kappa shape index (κ2) is 8.76. The minimum absolute atomic E-state index is 0.183. The van der Waals surface area contributed by atoms with E-state index >= 15 is 0 Å². The van der Waals surface area contributed by atoms with Crippen molar-refractivity contribution in [3.63, 3.8) is 0 Å². The van der Waals surface area contributed by atoms with E-state index in [2.05, 4.69) is 9.72 Å². The normalized spacial score (nSPS) is 11.3. The maximum absolute atomic E-state index is 13.3. The van der Waals surface area contributed by atoms with Gasteiger partial charge in [0.2, 0.25) is 5.75 Å². The fourth-order valence-corrected chi connectivity index (χ4v) is 3.87. The Hall–Kier alpha value is -3.56. The summed E-state index contributed by atoms with van der Waals surface area (Å²) in [7, 11) is 0. The van der Waals surface area contributed by atoms with Crippen LogP contribution in [0.1, 0.15) is 25.5 Å². The van der Waals surface area contributed by atoms with Crippen LogP contribution in [0.3, 0.4) is 0 Å². The Bertz CT molecular complexity index is 1500. The Labute approximate surface area is 197 Å². The second-order valence-electron chi connectivity index (χ2n) is 7.54. The Morgan fingerprint density at radius 2 is 1.94 bits per heavy atom. The van der Waals surface area contributed by atoms with Crippen molar-refractivity contribution in [3.05, 3.63) is 85.4 Å². The maximum Gasteiger partial charge on any atom is 0.511 e. The lowest BCUT2D eigenvalue weighted by Crippen LogP contribution is -2.40. The molecule has 2 aromatic carbocycles. The molecule has 1 N–H and O–H groups in total. The van der Waals surface area contributed by atoms with Gasteiger partial charge in [0.1, 0.15) is 0 Å². The van der Waals surface area contributed by atoms with Gasteiger partial charge in [0, 0.05) is 6.04 Å². The van der Waals surface area contributed by atoms with Gasteiger partial charge in [-0.15, -0.1) is 0 Å². The number of fused-ring (bicyclic) bond motifs is 1. The molecule has 0 fully saturated rings. The number of hydrogen-bond acceptors (Lipinski definition) is 5. The van der Waals surface area contributed by atoms with Gasteiger partial charge in [-0.1, -0.05) is 35.3 Å². The van der Waals surface area contributed by atoms with Crippen LogP contribution in [0.15, 0.2) is 58.5 Å². The largest absolute Gasteiger partial charge is 0.511 e. The topological polar surface area (TPSA) is 108 Å². The smallest absolute Gasteiger partial charge is 0.449 e. The predicted molar refractivity (Wildman–Crippen MR) is 124 cm³/mol. The summed E-state index contributed by atoms with van der Waals surface area (Å²) >= 11 is 12.3. The Morgan fingerprint density at radius 1 is 1.18 bits per heavy atom. The van der Waals surface area contributed by atoms with Crippen LogP contribution in [-0.4, -0.2) is 29.9 Å². The van der Waals surface area contributed by atoms with Crippen molar-refractivity contribution in [1.82, 2.24) is 18.7 Å². The van der Waals surface area contributed by atoms with E-state index in [1.54, 1.807) is 42.7 Å². The molecule has 0 bridgehead atoms. The predicted octanol–water partition coefficient (Wildman–Crippen LogP) is 4.34. The summed E-state index contributed by atoms with van der Waals surface area (Å²) in [6.07, 6.45) is 1.06. The van der Waals surface area contributed by atoms with E-state index < -0.39 is 23.2 Å². The average Bonchev–Trinajstić information content (AvgIpc) is 3.19. The van der Waals surface area contributed by atoms with Gasteiger partial charge in [0.15, 0.2) is 0 Å². The van der Waals surface area contributed by atoms with E-state index in [4.69, 9.17) is 28.3 Å². The molecule has 0 aliphatic rings. The minimum atomic E-state index is -1.68. The van der Waals surface area contributed by atoms with Crippen LogP contribution in [0.4, 0.5) is 4.79 Å². The number of benzene rings is 2. The van der Waals surface area contributed by atoms with E-state index in [0.29, 0.717) is 16.8 Å². The number of ether oxygens (including phenoxy) is 1. The first kappa shape index (κ1) is 22.6. The van der Waals surface area contributed by atoms with Crippen LogP contribution < -0.4 is 16.0 Å². The molecule has 0 saturated heterocycles. The zero-order chi connectivity index (χ0) is 23.9. The van der Waals surface area contributed by atoms with E-state index in [0.717, 1.165) is 20.8 Å². The van der Waals surface area contributed by atoms with Gasteiger partial charge >= 0.3 is 11.8 Å². The molecule has 0 aliphatic carbocycles. The van der Waals surface area contributed by atoms with Crippen LogP contribution >= 0.6 is 23.2 Å². The van der Waals surface area contributed by atoms with Crippen LogP contribution in [-0.2, 0) is 6.54 Å². The Kier molecular flexibility index (Phi) is 6.01. The van der Waals surface area contributed by atoms with Crippen molar-refractivity contribution in [2.24, 2.45) is 0 Å². The number of imidazole rings is 1. The lowest BCUT2D eigenvalue weighted by molar-refractivity contribution is 0.143. The third-order valence-corrected chi connectivity index (χ3v) is 5.95. The zero-order valence-corrected chi connectivity index (χ0v) is 19.0. The third kappa shape index (κ3) is 4.24. The molecule has 2 aromatic heterocycles. The monoisotopic (exact) mass is 488 g/mol. The zero-order valence-electron chi connectivity index (χ0n) is 17.5. The highest BCUT2D eigenvalue weighted by Gasteiger charge is 2.18. The fourth-order valence-electron chi connectivity index (χ4n) is 3.49. The van der Waals surface area contributed by atoms with E-state index in [9.17, 15) is 14.4 Å². The summed E-state index contributed by atoms with van der Waals surface area (Å²) in [4.78, 5) is 41.7. The van der Waals surface area contributed by atoms with Gasteiger partial charge in [0.05, 0.1) is 45.8 Å². The lowest BCUT2D eigenvalue weighted by Gasteiger charge is -2.14. The highest BCUT2D eigenvalue weighted by molar-refractivity contribution is 6.42. The van der Waals surface area contributed by atoms with Crippen molar-refractivity contribution in [2.75, 3.05) is 0 Å². The second-order valence-corrected chi connectivity index (χ2v) is 8.32. The minimum Gasteiger partial charge on any atom is -0.449 e. The molecule has 0 atom stereocenters. The molecule has 0 unspecified atom stereocenters. The molecule has 170 valence electrons. The summed E-state index contributed by atoms with van der Waals surface area (Å²) in [5.74, 6) is -0.534. The molecule has 11 heteroatoms. The molecule has 0 saturated carbocycles. The van der Waals surface area contributed by atoms with Crippen LogP contribution in [0.25, 0.3) is 16.7 Å². The van der Waals surface area contributed by atoms with E-state index in [-0.39, 0.29) is 22.6 Å².